The molecule has 2 aliphatic heterocycles. The Hall–Kier alpha value is -3.67. The predicted octanol–water partition coefficient (Wildman–Crippen LogP) is 2.71. The molecular weight excluding hydrogens is 472 g/mol. The molecule has 0 aliphatic carbocycles. The van der Waals surface area contributed by atoms with Crippen LogP contribution in [-0.4, -0.2) is 74.9 Å². The number of aromatic nitrogens is 5. The molecule has 3 aromatic rings. The molecule has 190 valence electrons. The molecule has 2 fully saturated rings. The van der Waals surface area contributed by atoms with Gasteiger partial charge in [-0.15, -0.1) is 15.3 Å². The van der Waals surface area contributed by atoms with Crippen LogP contribution in [0.25, 0.3) is 5.69 Å². The van der Waals surface area contributed by atoms with Crippen molar-refractivity contribution in [2.75, 3.05) is 37.7 Å². The van der Waals surface area contributed by atoms with E-state index in [0.29, 0.717) is 48.4 Å². The van der Waals surface area contributed by atoms with Crippen molar-refractivity contribution < 1.29 is 23.0 Å². The van der Waals surface area contributed by atoms with Crippen molar-refractivity contribution in [3.8, 4) is 11.6 Å². The zero-order valence-corrected chi connectivity index (χ0v) is 19.9. The summed E-state index contributed by atoms with van der Waals surface area (Å²) < 4.78 is 38.7. The molecule has 0 radical (unpaired) electrons. The van der Waals surface area contributed by atoms with Crippen molar-refractivity contribution in [2.45, 2.75) is 38.9 Å². The van der Waals surface area contributed by atoms with Gasteiger partial charge in [0, 0.05) is 37.9 Å². The van der Waals surface area contributed by atoms with Gasteiger partial charge in [-0.3, -0.25) is 4.79 Å². The first-order valence-corrected chi connectivity index (χ1v) is 11.9. The fourth-order valence-corrected chi connectivity index (χ4v) is 4.34. The van der Waals surface area contributed by atoms with Crippen LogP contribution in [-0.2, 0) is 16.1 Å². The lowest BCUT2D eigenvalue weighted by molar-refractivity contribution is -0.132. The summed E-state index contributed by atoms with van der Waals surface area (Å²) in [5, 5.41) is 16.6. The smallest absolute Gasteiger partial charge is 0.263 e. The molecule has 5 rings (SSSR count). The topological polar surface area (TPSA) is 98.5 Å². The van der Waals surface area contributed by atoms with E-state index >= 15 is 0 Å². The second kappa shape index (κ2) is 10.5. The Balaban J connectivity index is 1.18. The number of alkyl halides is 2. The summed E-state index contributed by atoms with van der Waals surface area (Å²) in [6, 6.07) is 9.33. The number of rotatable bonds is 8. The number of anilines is 1. The third kappa shape index (κ3) is 5.27. The molecule has 4 heterocycles. The second-order valence-electron chi connectivity index (χ2n) is 8.84. The average molecular weight is 500 g/mol. The average Bonchev–Trinajstić information content (AvgIpc) is 3.54. The number of aryl methyl sites for hydroxylation is 1. The van der Waals surface area contributed by atoms with Crippen molar-refractivity contribution in [3.63, 3.8) is 0 Å². The van der Waals surface area contributed by atoms with Crippen LogP contribution in [0.2, 0.25) is 0 Å². The van der Waals surface area contributed by atoms with Crippen LogP contribution in [0.1, 0.15) is 36.2 Å². The molecule has 1 atom stereocenters. The highest BCUT2D eigenvalue weighted by Gasteiger charge is 2.28. The number of halogens is 2. The number of carbonyl (C=O) groups excluding carboxylic acids is 1. The summed E-state index contributed by atoms with van der Waals surface area (Å²) in [6.07, 6.45) is -0.337. The lowest BCUT2D eigenvalue weighted by Gasteiger charge is -2.35. The van der Waals surface area contributed by atoms with Crippen LogP contribution in [0, 0.1) is 6.92 Å². The first-order valence-electron chi connectivity index (χ1n) is 11.9. The Morgan fingerprint density at radius 1 is 1.11 bits per heavy atom. The number of carbonyl (C=O) groups is 1. The van der Waals surface area contributed by atoms with Gasteiger partial charge in [0.25, 0.3) is 6.43 Å². The summed E-state index contributed by atoms with van der Waals surface area (Å²) in [6.45, 7) is 4.86. The molecule has 36 heavy (non-hydrogen) atoms. The molecule has 12 heteroatoms. The van der Waals surface area contributed by atoms with E-state index < -0.39 is 6.43 Å². The predicted molar refractivity (Wildman–Crippen MR) is 125 cm³/mol. The SMILES string of the molecule is Cc1nnn(-c2ccc(C(F)F)cc2)c1COc1ccc(N2CCN(CC3CCCO3)C(=O)C2)nn1. The van der Waals surface area contributed by atoms with Gasteiger partial charge in [0.15, 0.2) is 5.82 Å². The standard InChI is InChI=1S/C24H27F2N7O3/c1-16-20(33(30-27-16)18-6-4-17(5-7-18)24(25)26)15-36-22-9-8-21(28-29-22)31-10-11-32(23(34)14-31)13-19-3-2-12-35-19/h4-9,19,24H,2-3,10-15H2,1H3. The van der Waals surface area contributed by atoms with Crippen LogP contribution >= 0.6 is 0 Å². The highest BCUT2D eigenvalue weighted by Crippen LogP contribution is 2.22. The minimum atomic E-state index is -2.53. The van der Waals surface area contributed by atoms with Crippen LogP contribution in [0.4, 0.5) is 14.6 Å². The van der Waals surface area contributed by atoms with E-state index in [2.05, 4.69) is 20.5 Å². The minimum Gasteiger partial charge on any atom is -0.470 e. The quantitative estimate of drug-likeness (QED) is 0.467. The largest absolute Gasteiger partial charge is 0.470 e. The minimum absolute atomic E-state index is 0.0525. The molecule has 2 aliphatic rings. The van der Waals surface area contributed by atoms with Gasteiger partial charge in [-0.05, 0) is 38.0 Å². The fraction of sp³-hybridized carbons (Fsp3) is 0.458. The molecule has 1 amide bonds. The van der Waals surface area contributed by atoms with Gasteiger partial charge in [0.2, 0.25) is 11.8 Å². The molecule has 10 nitrogen and oxygen atoms in total. The van der Waals surface area contributed by atoms with Crippen LogP contribution < -0.4 is 9.64 Å². The first kappa shape index (κ1) is 24.0. The highest BCUT2D eigenvalue weighted by atomic mass is 19.3. The lowest BCUT2D eigenvalue weighted by Crippen LogP contribution is -2.52. The third-order valence-electron chi connectivity index (χ3n) is 6.42. The van der Waals surface area contributed by atoms with E-state index in [4.69, 9.17) is 9.47 Å². The van der Waals surface area contributed by atoms with Crippen LogP contribution in [0.5, 0.6) is 5.88 Å². The summed E-state index contributed by atoms with van der Waals surface area (Å²) in [5.74, 6) is 0.966. The number of ether oxygens (including phenoxy) is 2. The van der Waals surface area contributed by atoms with Gasteiger partial charge in [-0.2, -0.15) is 0 Å². The van der Waals surface area contributed by atoms with E-state index in [-0.39, 0.29) is 30.7 Å². The summed E-state index contributed by atoms with van der Waals surface area (Å²) in [7, 11) is 0. The van der Waals surface area contributed by atoms with E-state index in [1.807, 2.05) is 9.80 Å². The first-order chi connectivity index (χ1) is 17.5. The van der Waals surface area contributed by atoms with Crippen molar-refractivity contribution in [2.24, 2.45) is 0 Å². The van der Waals surface area contributed by atoms with Gasteiger partial charge in [0.1, 0.15) is 12.3 Å². The normalized spacial score (nSPS) is 18.3. The van der Waals surface area contributed by atoms with Crippen LogP contribution in [0.15, 0.2) is 36.4 Å². The number of hydrogen-bond donors (Lipinski definition) is 0. The number of piperazine rings is 1. The van der Waals surface area contributed by atoms with Crippen molar-refractivity contribution in [3.05, 3.63) is 53.3 Å². The third-order valence-corrected chi connectivity index (χ3v) is 6.42. The molecule has 0 spiro atoms. The monoisotopic (exact) mass is 499 g/mol. The maximum atomic E-state index is 12.9. The van der Waals surface area contributed by atoms with Crippen molar-refractivity contribution in [1.29, 1.82) is 0 Å². The van der Waals surface area contributed by atoms with E-state index in [1.54, 1.807) is 35.9 Å². The molecule has 2 saturated heterocycles. The lowest BCUT2D eigenvalue weighted by atomic mass is 10.2. The number of nitrogens with zero attached hydrogens (tertiary/aromatic N) is 7. The summed E-state index contributed by atoms with van der Waals surface area (Å²) in [5.41, 5.74) is 1.86. The molecule has 0 bridgehead atoms. The Kier molecular flexibility index (Phi) is 7.03. The van der Waals surface area contributed by atoms with E-state index in [1.165, 1.54) is 12.1 Å². The molecule has 2 aromatic heterocycles. The molecular formula is C24H27F2N7O3. The van der Waals surface area contributed by atoms with Crippen molar-refractivity contribution >= 4 is 11.7 Å². The Morgan fingerprint density at radius 2 is 1.94 bits per heavy atom. The van der Waals surface area contributed by atoms with Gasteiger partial charge in [0.05, 0.1) is 24.0 Å². The maximum absolute atomic E-state index is 12.9. The Bertz CT molecular complexity index is 1180. The Morgan fingerprint density at radius 3 is 2.61 bits per heavy atom. The van der Waals surface area contributed by atoms with Gasteiger partial charge in [-0.1, -0.05) is 17.3 Å². The molecule has 1 aromatic carbocycles. The molecule has 0 saturated carbocycles. The molecule has 0 N–H and O–H groups in total. The zero-order valence-electron chi connectivity index (χ0n) is 19.9. The second-order valence-corrected chi connectivity index (χ2v) is 8.84. The Labute approximate surface area is 206 Å². The number of amides is 1. The highest BCUT2D eigenvalue weighted by molar-refractivity contribution is 5.82. The zero-order chi connectivity index (χ0) is 25.1. The maximum Gasteiger partial charge on any atom is 0.263 e. The van der Waals surface area contributed by atoms with E-state index in [9.17, 15) is 13.6 Å². The fourth-order valence-electron chi connectivity index (χ4n) is 4.34. The summed E-state index contributed by atoms with van der Waals surface area (Å²) in [4.78, 5) is 16.4. The van der Waals surface area contributed by atoms with Gasteiger partial charge >= 0.3 is 0 Å². The van der Waals surface area contributed by atoms with Crippen molar-refractivity contribution in [1.82, 2.24) is 30.1 Å². The van der Waals surface area contributed by atoms with Gasteiger partial charge < -0.3 is 19.3 Å². The van der Waals surface area contributed by atoms with Gasteiger partial charge in [-0.25, -0.2) is 13.5 Å². The summed E-state index contributed by atoms with van der Waals surface area (Å²) >= 11 is 0. The number of benzene rings is 1. The molecule has 1 unspecified atom stereocenters. The van der Waals surface area contributed by atoms with Crippen LogP contribution in [0.3, 0.4) is 0 Å². The number of hydrogen-bond acceptors (Lipinski definition) is 8. The van der Waals surface area contributed by atoms with E-state index in [0.717, 1.165) is 19.4 Å².